The molecule has 1 aliphatic heterocycles. The second-order valence-corrected chi connectivity index (χ2v) is 12.9. The molecular formula is C29H61NO6P+. The maximum absolute atomic E-state index is 12.1. The Balaban J connectivity index is 1.75. The van der Waals surface area contributed by atoms with Crippen LogP contribution in [-0.4, -0.2) is 75.7 Å². The van der Waals surface area contributed by atoms with Crippen LogP contribution in [0.4, 0.5) is 0 Å². The zero-order valence-corrected chi connectivity index (χ0v) is 25.5. The van der Waals surface area contributed by atoms with Crippen molar-refractivity contribution in [1.82, 2.24) is 0 Å². The molecule has 1 fully saturated rings. The van der Waals surface area contributed by atoms with Crippen molar-refractivity contribution in [1.29, 1.82) is 0 Å². The van der Waals surface area contributed by atoms with E-state index >= 15 is 0 Å². The van der Waals surface area contributed by atoms with E-state index in [-0.39, 0.29) is 19.3 Å². The van der Waals surface area contributed by atoms with Gasteiger partial charge in [0.1, 0.15) is 0 Å². The van der Waals surface area contributed by atoms with Crippen LogP contribution in [0, 0.1) is 0 Å². The van der Waals surface area contributed by atoms with E-state index in [2.05, 4.69) is 21.0 Å². The Labute approximate surface area is 229 Å². The lowest BCUT2D eigenvalue weighted by Crippen LogP contribution is -2.47. The van der Waals surface area contributed by atoms with Gasteiger partial charge in [-0.2, -0.15) is 0 Å². The Hall–Kier alpha value is -0.0100. The topological polar surface area (TPSA) is 74.2 Å². The molecule has 1 atom stereocenters. The third kappa shape index (κ3) is 22.5. The van der Waals surface area contributed by atoms with Crippen molar-refractivity contribution in [3.05, 3.63) is 0 Å². The summed E-state index contributed by atoms with van der Waals surface area (Å²) in [6.45, 7) is 6.24. The van der Waals surface area contributed by atoms with Crippen LogP contribution in [0.25, 0.3) is 0 Å². The van der Waals surface area contributed by atoms with Gasteiger partial charge in [-0.15, -0.1) is 0 Å². The number of hydrogen-bond acceptors (Lipinski definition) is 5. The van der Waals surface area contributed by atoms with Crippen molar-refractivity contribution in [3.63, 3.8) is 0 Å². The van der Waals surface area contributed by atoms with E-state index < -0.39 is 7.82 Å². The zero-order chi connectivity index (χ0) is 27.1. The molecule has 37 heavy (non-hydrogen) atoms. The van der Waals surface area contributed by atoms with Gasteiger partial charge in [-0.25, -0.2) is 4.57 Å². The number of piperidine rings is 1. The fraction of sp³-hybridized carbons (Fsp3) is 1.00. The normalized spacial score (nSPS) is 17.7. The molecule has 0 saturated carbocycles. The molecule has 0 aliphatic carbocycles. The summed E-state index contributed by atoms with van der Waals surface area (Å²) in [5.41, 5.74) is 0. The molecule has 1 saturated heterocycles. The van der Waals surface area contributed by atoms with Gasteiger partial charge in [0.25, 0.3) is 0 Å². The minimum absolute atomic E-state index is 0.0428. The molecule has 1 rings (SSSR count). The average Bonchev–Trinajstić information content (AvgIpc) is 2.85. The van der Waals surface area contributed by atoms with Gasteiger partial charge in [-0.1, -0.05) is 103 Å². The highest BCUT2D eigenvalue weighted by molar-refractivity contribution is 7.47. The number of nitrogens with zero attached hydrogens (tertiary/aromatic N) is 1. The number of phosphoric ester groups is 1. The summed E-state index contributed by atoms with van der Waals surface area (Å²) in [5.74, 6) is 0. The van der Waals surface area contributed by atoms with Gasteiger partial charge in [0.05, 0.1) is 59.7 Å². The zero-order valence-electron chi connectivity index (χ0n) is 24.6. The van der Waals surface area contributed by atoms with Gasteiger partial charge in [0, 0.05) is 19.4 Å². The van der Waals surface area contributed by atoms with Crippen molar-refractivity contribution in [2.75, 3.05) is 60.2 Å². The number of quaternary nitrogens is 1. The molecule has 7 nitrogen and oxygen atoms in total. The molecule has 1 heterocycles. The lowest BCUT2D eigenvalue weighted by atomic mass is 10.0. The smallest absolute Gasteiger partial charge is 0.379 e. The Morgan fingerprint density at radius 2 is 1.05 bits per heavy atom. The quantitative estimate of drug-likeness (QED) is 0.0677. The van der Waals surface area contributed by atoms with Crippen LogP contribution in [0.15, 0.2) is 0 Å². The van der Waals surface area contributed by atoms with Crippen LogP contribution in [0.5, 0.6) is 0 Å². The minimum atomic E-state index is -4.02. The summed E-state index contributed by atoms with van der Waals surface area (Å²) in [7, 11) is 0.302. The number of unbranched alkanes of at least 4 members (excludes halogenated alkanes) is 15. The molecule has 0 spiro atoms. The summed E-state index contributed by atoms with van der Waals surface area (Å²) in [6.07, 6.45) is 23.3. The maximum Gasteiger partial charge on any atom is 0.472 e. The molecule has 1 unspecified atom stereocenters. The molecule has 0 bridgehead atoms. The number of ether oxygens (including phenoxy) is 2. The second-order valence-electron chi connectivity index (χ2n) is 11.5. The lowest BCUT2D eigenvalue weighted by molar-refractivity contribution is -0.896. The predicted octanol–water partition coefficient (Wildman–Crippen LogP) is 7.65. The van der Waals surface area contributed by atoms with Crippen LogP contribution in [-0.2, 0) is 23.1 Å². The fourth-order valence-electron chi connectivity index (χ4n) is 4.85. The van der Waals surface area contributed by atoms with Crippen molar-refractivity contribution < 1.29 is 32.5 Å². The molecule has 8 heteroatoms. The third-order valence-corrected chi connectivity index (χ3v) is 8.46. The maximum atomic E-state index is 12.1. The predicted molar refractivity (Wildman–Crippen MR) is 153 cm³/mol. The van der Waals surface area contributed by atoms with E-state index in [9.17, 15) is 9.46 Å². The third-order valence-electron chi connectivity index (χ3n) is 7.39. The molecular weight excluding hydrogens is 489 g/mol. The van der Waals surface area contributed by atoms with Crippen molar-refractivity contribution in [2.45, 2.75) is 129 Å². The molecule has 0 radical (unpaired) electrons. The fourth-order valence-corrected chi connectivity index (χ4v) is 5.81. The van der Waals surface area contributed by atoms with Gasteiger partial charge in [-0.05, 0) is 6.42 Å². The van der Waals surface area contributed by atoms with E-state index in [0.717, 1.165) is 43.4 Å². The number of hydrogen-bond donors (Lipinski definition) is 1. The van der Waals surface area contributed by atoms with Crippen LogP contribution in [0.1, 0.15) is 122 Å². The van der Waals surface area contributed by atoms with Gasteiger partial charge < -0.3 is 18.9 Å². The van der Waals surface area contributed by atoms with Crippen molar-refractivity contribution >= 4 is 7.82 Å². The number of likely N-dealkylation sites (tertiary alicyclic amines) is 1. The molecule has 222 valence electrons. The van der Waals surface area contributed by atoms with Gasteiger partial charge >= 0.3 is 7.82 Å². The van der Waals surface area contributed by atoms with Crippen LogP contribution < -0.4 is 0 Å². The van der Waals surface area contributed by atoms with E-state index in [1.807, 2.05) is 0 Å². The Morgan fingerprint density at radius 3 is 1.54 bits per heavy atom. The first-order valence-electron chi connectivity index (χ1n) is 15.5. The first kappa shape index (κ1) is 35.0. The van der Waals surface area contributed by atoms with E-state index in [1.165, 1.54) is 96.3 Å². The minimum Gasteiger partial charge on any atom is -0.379 e. The van der Waals surface area contributed by atoms with Crippen molar-refractivity contribution in [2.24, 2.45) is 0 Å². The summed E-state index contributed by atoms with van der Waals surface area (Å²) in [5, 5.41) is 0. The highest BCUT2D eigenvalue weighted by Gasteiger charge is 2.32. The molecule has 0 aromatic carbocycles. The summed E-state index contributed by atoms with van der Waals surface area (Å²) in [4.78, 5) is 9.89. The highest BCUT2D eigenvalue weighted by atomic mass is 31.2. The first-order chi connectivity index (χ1) is 17.8. The van der Waals surface area contributed by atoms with Crippen LogP contribution in [0.3, 0.4) is 0 Å². The molecule has 0 amide bonds. The Morgan fingerprint density at radius 1 is 0.649 bits per heavy atom. The van der Waals surface area contributed by atoms with E-state index in [1.54, 1.807) is 0 Å². The largest absolute Gasteiger partial charge is 0.472 e. The average molecular weight is 551 g/mol. The summed E-state index contributed by atoms with van der Waals surface area (Å²) < 4.78 is 34.4. The van der Waals surface area contributed by atoms with E-state index in [0.29, 0.717) is 13.2 Å². The van der Waals surface area contributed by atoms with Gasteiger partial charge in [0.15, 0.2) is 0 Å². The monoisotopic (exact) mass is 550 g/mol. The number of rotatable bonds is 26. The molecule has 0 aromatic rings. The Kier molecular flexibility index (Phi) is 21.5. The first-order valence-corrected chi connectivity index (χ1v) is 17.0. The van der Waals surface area contributed by atoms with Crippen LogP contribution in [0.2, 0.25) is 0 Å². The molecule has 1 aliphatic rings. The Bertz CT molecular complexity index is 553. The summed E-state index contributed by atoms with van der Waals surface area (Å²) >= 11 is 0. The molecule has 0 aromatic heterocycles. The van der Waals surface area contributed by atoms with Crippen LogP contribution >= 0.6 is 7.82 Å². The SMILES string of the molecule is CCCCCCCCCCCCCCCCCCOCCOCCOP(=O)(O)OC1CC[N+](C)(C)CC1. The van der Waals surface area contributed by atoms with Gasteiger partial charge in [0.2, 0.25) is 0 Å². The number of phosphoric acid groups is 1. The van der Waals surface area contributed by atoms with E-state index in [4.69, 9.17) is 18.5 Å². The highest BCUT2D eigenvalue weighted by Crippen LogP contribution is 2.46. The second kappa shape index (κ2) is 22.8. The summed E-state index contributed by atoms with van der Waals surface area (Å²) in [6, 6.07) is 0. The molecule has 1 N–H and O–H groups in total. The van der Waals surface area contributed by atoms with Gasteiger partial charge in [-0.3, -0.25) is 9.05 Å². The van der Waals surface area contributed by atoms with Crippen molar-refractivity contribution in [3.8, 4) is 0 Å². The lowest BCUT2D eigenvalue weighted by Gasteiger charge is -2.37. The standard InChI is InChI=1S/C29H60NO6P/c1-4-5-6-7-8-9-10-11-12-13-14-15-16-17-18-19-24-33-25-26-34-27-28-35-37(31,32)36-29-20-22-30(2,3)23-21-29/h29H,4-28H2,1-3H3/p+1.